The summed E-state index contributed by atoms with van der Waals surface area (Å²) in [4.78, 5) is 81.0. The Bertz CT molecular complexity index is 2320. The van der Waals surface area contributed by atoms with Crippen molar-refractivity contribution in [2.75, 3.05) is 36.1 Å². The first-order chi connectivity index (χ1) is 32.1. The maximum atomic E-state index is 13.9. The minimum Gasteiger partial charge on any atom is -0.475 e. The van der Waals surface area contributed by atoms with E-state index in [0.717, 1.165) is 53.8 Å². The summed E-state index contributed by atoms with van der Waals surface area (Å²) in [5, 5.41) is 29.1. The van der Waals surface area contributed by atoms with Crippen LogP contribution in [0.4, 0.5) is 30.2 Å². The van der Waals surface area contributed by atoms with Crippen LogP contribution in [0.1, 0.15) is 93.8 Å². The van der Waals surface area contributed by atoms with Crippen LogP contribution in [0.3, 0.4) is 0 Å². The maximum Gasteiger partial charge on any atom is 0.490 e. The quantitative estimate of drug-likeness (QED) is 0.0349. The lowest BCUT2D eigenvalue weighted by molar-refractivity contribution is -0.192. The van der Waals surface area contributed by atoms with Crippen molar-refractivity contribution in [3.05, 3.63) is 95.1 Å². The Hall–Kier alpha value is -6.38. The molecule has 0 radical (unpaired) electrons. The van der Waals surface area contributed by atoms with Gasteiger partial charge in [-0.3, -0.25) is 24.0 Å². The number of unbranched alkanes of at least 4 members (excludes halogenated alkanes) is 5. The van der Waals surface area contributed by atoms with Gasteiger partial charge in [-0.15, -0.1) is 11.3 Å². The number of nitrogen functional groups attached to an aromatic ring is 1. The Labute approximate surface area is 397 Å². The van der Waals surface area contributed by atoms with Crippen LogP contribution in [-0.4, -0.2) is 99.7 Å². The fraction of sp³-hybridized carbons (Fsp3) is 0.438. The van der Waals surface area contributed by atoms with E-state index in [1.54, 1.807) is 59.9 Å². The SMILES string of the molecule is Cc1ncsc1-c1ccc(CNC(=O)[C@H]2C[C@H](O)CN2C(=O)[C@@H](NC(=O)CCCCCCCCOCC(=O)Nc2ccc(C(=O)Nc3ccccc3N)cc2)C(C)(C)C)cc1.O=C(O)C(F)(F)F. The number of carboxylic acids is 1. The van der Waals surface area contributed by atoms with Crippen LogP contribution >= 0.6 is 11.3 Å². The van der Waals surface area contributed by atoms with E-state index in [9.17, 15) is 42.3 Å². The molecule has 16 nitrogen and oxygen atoms in total. The summed E-state index contributed by atoms with van der Waals surface area (Å²) in [7, 11) is 0. The number of para-hydroxylation sites is 2. The molecule has 1 aliphatic rings. The van der Waals surface area contributed by atoms with E-state index in [0.29, 0.717) is 35.7 Å². The molecule has 0 aliphatic carbocycles. The van der Waals surface area contributed by atoms with E-state index in [-0.39, 0.29) is 62.1 Å². The Morgan fingerprint density at radius 3 is 2.12 bits per heavy atom. The average molecular weight is 968 g/mol. The number of benzene rings is 3. The predicted octanol–water partition coefficient (Wildman–Crippen LogP) is 7.08. The van der Waals surface area contributed by atoms with E-state index < -0.39 is 35.7 Å². The van der Waals surface area contributed by atoms with Crippen molar-refractivity contribution in [2.45, 2.75) is 110 Å². The second kappa shape index (κ2) is 25.7. The molecule has 2 heterocycles. The number of hydrogen-bond acceptors (Lipinski definition) is 11. The molecule has 20 heteroatoms. The van der Waals surface area contributed by atoms with Crippen LogP contribution in [0.15, 0.2) is 78.3 Å². The van der Waals surface area contributed by atoms with Crippen molar-refractivity contribution in [2.24, 2.45) is 5.41 Å². The smallest absolute Gasteiger partial charge is 0.475 e. The van der Waals surface area contributed by atoms with Gasteiger partial charge < -0.3 is 46.9 Å². The van der Waals surface area contributed by atoms with E-state index in [4.69, 9.17) is 20.4 Å². The molecule has 1 fully saturated rings. The number of anilines is 3. The first-order valence-electron chi connectivity index (χ1n) is 22.1. The number of hydrogen-bond donors (Lipinski definition) is 7. The van der Waals surface area contributed by atoms with Crippen molar-refractivity contribution in [3.8, 4) is 10.4 Å². The number of carbonyl (C=O) groups is 6. The van der Waals surface area contributed by atoms with Crippen LogP contribution in [0.25, 0.3) is 10.4 Å². The maximum absolute atomic E-state index is 13.9. The molecule has 0 saturated carbocycles. The Morgan fingerprint density at radius 2 is 1.51 bits per heavy atom. The molecule has 0 spiro atoms. The summed E-state index contributed by atoms with van der Waals surface area (Å²) in [6, 6.07) is 19.7. The van der Waals surface area contributed by atoms with Crippen molar-refractivity contribution in [1.29, 1.82) is 0 Å². The largest absolute Gasteiger partial charge is 0.490 e. The lowest BCUT2D eigenvalue weighted by atomic mass is 9.85. The molecule has 8 N–H and O–H groups in total. The number of nitrogens with two attached hydrogens (primary N) is 1. The Kier molecular flexibility index (Phi) is 20.5. The number of aliphatic hydroxyl groups is 1. The van der Waals surface area contributed by atoms with Crippen LogP contribution in [-0.2, 0) is 35.3 Å². The van der Waals surface area contributed by atoms with Gasteiger partial charge in [-0.1, -0.05) is 82.9 Å². The van der Waals surface area contributed by atoms with Gasteiger partial charge in [-0.05, 0) is 72.7 Å². The number of likely N-dealkylation sites (tertiary alicyclic amines) is 1. The number of aryl methyl sites for hydroxylation is 1. The monoisotopic (exact) mass is 967 g/mol. The van der Waals surface area contributed by atoms with Crippen molar-refractivity contribution in [3.63, 3.8) is 0 Å². The highest BCUT2D eigenvalue weighted by molar-refractivity contribution is 7.13. The first-order valence-corrected chi connectivity index (χ1v) is 23.0. The Balaban J connectivity index is 0.00000133. The van der Waals surface area contributed by atoms with Gasteiger partial charge in [-0.2, -0.15) is 13.2 Å². The normalized spacial score (nSPS) is 15.1. The number of thiazole rings is 1. The Morgan fingerprint density at radius 1 is 0.882 bits per heavy atom. The number of carbonyl (C=O) groups excluding carboxylic acids is 5. The number of halogens is 3. The molecule has 0 bridgehead atoms. The van der Waals surface area contributed by atoms with Crippen molar-refractivity contribution >= 4 is 63.9 Å². The van der Waals surface area contributed by atoms with E-state index in [2.05, 4.69) is 26.3 Å². The molecule has 1 aliphatic heterocycles. The molecular formula is C48H60F3N7O9S. The number of ether oxygens (including phenoxy) is 1. The third-order valence-corrected chi connectivity index (χ3v) is 11.7. The number of aromatic nitrogens is 1. The number of alkyl halides is 3. The molecule has 68 heavy (non-hydrogen) atoms. The second-order valence-corrected chi connectivity index (χ2v) is 18.2. The van der Waals surface area contributed by atoms with Crippen LogP contribution in [0.5, 0.6) is 0 Å². The summed E-state index contributed by atoms with van der Waals surface area (Å²) < 4.78 is 37.3. The van der Waals surface area contributed by atoms with Gasteiger partial charge in [0.15, 0.2) is 0 Å². The molecule has 368 valence electrons. The fourth-order valence-electron chi connectivity index (χ4n) is 7.08. The summed E-state index contributed by atoms with van der Waals surface area (Å²) in [5.74, 6) is -4.31. The predicted molar refractivity (Wildman–Crippen MR) is 252 cm³/mol. The topological polar surface area (TPSA) is 242 Å². The number of rotatable bonds is 20. The van der Waals surface area contributed by atoms with E-state index in [1.807, 2.05) is 57.5 Å². The summed E-state index contributed by atoms with van der Waals surface area (Å²) in [6.07, 6.45) is -0.422. The molecule has 4 aromatic rings. The number of aliphatic hydroxyl groups excluding tert-OH is 1. The van der Waals surface area contributed by atoms with Crippen molar-refractivity contribution in [1.82, 2.24) is 20.5 Å². The van der Waals surface area contributed by atoms with Crippen LogP contribution in [0, 0.1) is 12.3 Å². The fourth-order valence-corrected chi connectivity index (χ4v) is 7.89. The highest BCUT2D eigenvalue weighted by atomic mass is 32.1. The van der Waals surface area contributed by atoms with Gasteiger partial charge in [0.05, 0.1) is 33.6 Å². The number of nitrogens with zero attached hydrogens (tertiary/aromatic N) is 2. The molecule has 3 atom stereocenters. The van der Waals surface area contributed by atoms with E-state index in [1.165, 1.54) is 4.90 Å². The summed E-state index contributed by atoms with van der Waals surface area (Å²) >= 11 is 1.58. The minimum atomic E-state index is -5.08. The standard InChI is InChI=1S/C46H59N7O7S.C2HF3O2/c1-30-41(61-29-49-30)32-18-16-31(17-19-32)26-48-44(58)38-25-35(54)27-53(38)45(59)42(46(2,3)4)52-39(55)15-9-7-5-6-8-12-24-60-28-40(56)50-34-22-20-33(21-23-34)43(57)51-37-14-11-10-13-36(37)47;3-2(4,5)1(6)7/h10-11,13-14,16-23,29,35,38,42,54H,5-9,12,15,24-28,47H2,1-4H3,(H,48,58)(H,50,56)(H,51,57)(H,52,55);(H,6,7)/t35-,38+,42+;/m0./s1. The molecule has 5 amide bonds. The third kappa shape index (κ3) is 17.4. The molecular weight excluding hydrogens is 908 g/mol. The zero-order valence-electron chi connectivity index (χ0n) is 38.5. The number of β-amino-alcohol motifs (C(OH)–C–C–N with tert-alkyl or cyclic N) is 1. The molecule has 1 aromatic heterocycles. The zero-order chi connectivity index (χ0) is 50.0. The summed E-state index contributed by atoms with van der Waals surface area (Å²) in [6.45, 7) is 8.24. The van der Waals surface area contributed by atoms with Gasteiger partial charge in [-0.25, -0.2) is 9.78 Å². The van der Waals surface area contributed by atoms with Crippen LogP contribution < -0.4 is 27.0 Å². The van der Waals surface area contributed by atoms with Gasteiger partial charge in [0, 0.05) is 43.8 Å². The highest BCUT2D eigenvalue weighted by Crippen LogP contribution is 2.29. The number of carboxylic acid groups (broad SMARTS) is 1. The van der Waals surface area contributed by atoms with Gasteiger partial charge in [0.2, 0.25) is 23.6 Å². The van der Waals surface area contributed by atoms with Gasteiger partial charge in [0.1, 0.15) is 18.7 Å². The molecule has 3 aromatic carbocycles. The zero-order valence-corrected chi connectivity index (χ0v) is 39.3. The minimum absolute atomic E-state index is 0.0183. The first kappa shape index (κ1) is 54.2. The highest BCUT2D eigenvalue weighted by Gasteiger charge is 2.44. The van der Waals surface area contributed by atoms with Crippen LogP contribution in [0.2, 0.25) is 0 Å². The lowest BCUT2D eigenvalue weighted by Gasteiger charge is -2.35. The van der Waals surface area contributed by atoms with Crippen molar-refractivity contribution < 1.29 is 56.9 Å². The number of amides is 5. The average Bonchev–Trinajstić information content (AvgIpc) is 3.90. The third-order valence-electron chi connectivity index (χ3n) is 10.8. The van der Waals surface area contributed by atoms with E-state index >= 15 is 0 Å². The summed E-state index contributed by atoms with van der Waals surface area (Å²) in [5.41, 5.74) is 12.0. The van der Waals surface area contributed by atoms with Gasteiger partial charge >= 0.3 is 12.1 Å². The molecule has 0 unspecified atom stereocenters. The number of aliphatic carboxylic acids is 1. The van der Waals surface area contributed by atoms with Gasteiger partial charge in [0.25, 0.3) is 5.91 Å². The second-order valence-electron chi connectivity index (χ2n) is 17.3. The lowest BCUT2D eigenvalue weighted by Crippen LogP contribution is -2.57. The molecule has 5 rings (SSSR count). The number of nitrogens with one attached hydrogen (secondary N) is 4. The molecule has 1 saturated heterocycles.